The Hall–Kier alpha value is -0.830. The SMILES string of the molecule is Cc1cn(C(C)C)c(CNC2CC2)n1. The van der Waals surface area contributed by atoms with Crippen LogP contribution in [0.2, 0.25) is 0 Å². The molecule has 1 aromatic rings. The molecule has 1 saturated carbocycles. The molecule has 0 bridgehead atoms. The van der Waals surface area contributed by atoms with Gasteiger partial charge in [0.05, 0.1) is 12.2 Å². The topological polar surface area (TPSA) is 29.9 Å². The summed E-state index contributed by atoms with van der Waals surface area (Å²) in [4.78, 5) is 4.53. The molecule has 1 heterocycles. The molecule has 0 radical (unpaired) electrons. The summed E-state index contributed by atoms with van der Waals surface area (Å²) in [7, 11) is 0. The summed E-state index contributed by atoms with van der Waals surface area (Å²) < 4.78 is 2.25. The maximum atomic E-state index is 4.53. The van der Waals surface area contributed by atoms with Gasteiger partial charge < -0.3 is 9.88 Å². The highest BCUT2D eigenvalue weighted by Crippen LogP contribution is 2.19. The number of imidazole rings is 1. The lowest BCUT2D eigenvalue weighted by atomic mass is 10.4. The molecule has 0 spiro atoms. The molecular formula is C11H19N3. The molecule has 1 fully saturated rings. The highest BCUT2D eigenvalue weighted by Gasteiger charge is 2.21. The Morgan fingerprint density at radius 3 is 2.86 bits per heavy atom. The van der Waals surface area contributed by atoms with E-state index in [1.165, 1.54) is 18.7 Å². The molecule has 2 rings (SSSR count). The normalized spacial score (nSPS) is 16.6. The quantitative estimate of drug-likeness (QED) is 0.793. The van der Waals surface area contributed by atoms with E-state index in [2.05, 4.69) is 41.8 Å². The van der Waals surface area contributed by atoms with Crippen LogP contribution in [-0.2, 0) is 6.54 Å². The van der Waals surface area contributed by atoms with Gasteiger partial charge in [-0.3, -0.25) is 0 Å². The first-order valence-corrected chi connectivity index (χ1v) is 5.44. The van der Waals surface area contributed by atoms with E-state index in [1.807, 2.05) is 0 Å². The molecule has 0 aliphatic heterocycles. The standard InChI is InChI=1S/C11H19N3/c1-8(2)14-7-9(3)13-11(14)6-12-10-4-5-10/h7-8,10,12H,4-6H2,1-3H3. The van der Waals surface area contributed by atoms with Crippen LogP contribution in [0.15, 0.2) is 6.20 Å². The highest BCUT2D eigenvalue weighted by molar-refractivity contribution is 5.04. The second-order valence-electron chi connectivity index (χ2n) is 4.45. The summed E-state index contributed by atoms with van der Waals surface area (Å²) in [6, 6.07) is 1.26. The van der Waals surface area contributed by atoms with Gasteiger partial charge in [-0.15, -0.1) is 0 Å². The number of nitrogens with zero attached hydrogens (tertiary/aromatic N) is 2. The van der Waals surface area contributed by atoms with E-state index in [-0.39, 0.29) is 0 Å². The van der Waals surface area contributed by atoms with Crippen molar-refractivity contribution >= 4 is 0 Å². The number of nitrogens with one attached hydrogen (secondary N) is 1. The lowest BCUT2D eigenvalue weighted by molar-refractivity contribution is 0.540. The summed E-state index contributed by atoms with van der Waals surface area (Å²) in [6.45, 7) is 7.36. The Morgan fingerprint density at radius 2 is 2.29 bits per heavy atom. The summed E-state index contributed by atoms with van der Waals surface area (Å²) in [6.07, 6.45) is 4.80. The molecule has 0 aromatic carbocycles. The van der Waals surface area contributed by atoms with Crippen molar-refractivity contribution in [2.75, 3.05) is 0 Å². The van der Waals surface area contributed by atoms with Gasteiger partial charge in [-0.25, -0.2) is 4.98 Å². The Morgan fingerprint density at radius 1 is 1.57 bits per heavy atom. The Kier molecular flexibility index (Phi) is 2.59. The number of rotatable bonds is 4. The van der Waals surface area contributed by atoms with Crippen LogP contribution in [0.1, 0.15) is 44.2 Å². The fourth-order valence-corrected chi connectivity index (χ4v) is 1.67. The van der Waals surface area contributed by atoms with Crippen LogP contribution < -0.4 is 5.32 Å². The van der Waals surface area contributed by atoms with Crippen molar-refractivity contribution in [1.82, 2.24) is 14.9 Å². The van der Waals surface area contributed by atoms with Crippen LogP contribution in [0.25, 0.3) is 0 Å². The zero-order chi connectivity index (χ0) is 10.1. The molecule has 1 N–H and O–H groups in total. The van der Waals surface area contributed by atoms with Crippen molar-refractivity contribution in [3.05, 3.63) is 17.7 Å². The van der Waals surface area contributed by atoms with Crippen LogP contribution in [0.4, 0.5) is 0 Å². The zero-order valence-electron chi connectivity index (χ0n) is 9.25. The fraction of sp³-hybridized carbons (Fsp3) is 0.727. The van der Waals surface area contributed by atoms with Crippen LogP contribution >= 0.6 is 0 Å². The number of hydrogen-bond acceptors (Lipinski definition) is 2. The van der Waals surface area contributed by atoms with Gasteiger partial charge in [0.2, 0.25) is 0 Å². The smallest absolute Gasteiger partial charge is 0.123 e. The van der Waals surface area contributed by atoms with E-state index in [1.54, 1.807) is 0 Å². The first-order chi connectivity index (χ1) is 6.66. The van der Waals surface area contributed by atoms with Crippen LogP contribution in [0, 0.1) is 6.92 Å². The number of hydrogen-bond donors (Lipinski definition) is 1. The van der Waals surface area contributed by atoms with Crippen LogP contribution in [-0.4, -0.2) is 15.6 Å². The third-order valence-corrected chi connectivity index (χ3v) is 2.61. The van der Waals surface area contributed by atoms with E-state index in [0.717, 1.165) is 18.3 Å². The predicted octanol–water partition coefficient (Wildman–Crippen LogP) is 2.02. The summed E-state index contributed by atoms with van der Waals surface area (Å²) >= 11 is 0. The third kappa shape index (κ3) is 2.15. The van der Waals surface area contributed by atoms with Gasteiger partial charge in [0.25, 0.3) is 0 Å². The maximum Gasteiger partial charge on any atom is 0.123 e. The van der Waals surface area contributed by atoms with Gasteiger partial charge in [-0.2, -0.15) is 0 Å². The molecule has 0 saturated heterocycles. The molecule has 0 unspecified atom stereocenters. The predicted molar refractivity (Wildman–Crippen MR) is 57.2 cm³/mol. The second-order valence-corrected chi connectivity index (χ2v) is 4.45. The molecule has 1 aliphatic rings. The van der Waals surface area contributed by atoms with Crippen LogP contribution in [0.5, 0.6) is 0 Å². The minimum atomic E-state index is 0.507. The van der Waals surface area contributed by atoms with Gasteiger partial charge in [0.1, 0.15) is 5.82 Å². The summed E-state index contributed by atoms with van der Waals surface area (Å²) in [5.74, 6) is 1.17. The van der Waals surface area contributed by atoms with Gasteiger partial charge in [0.15, 0.2) is 0 Å². The van der Waals surface area contributed by atoms with Crippen molar-refractivity contribution in [3.8, 4) is 0 Å². The first kappa shape index (κ1) is 9.71. The van der Waals surface area contributed by atoms with Crippen molar-refractivity contribution in [3.63, 3.8) is 0 Å². The Labute approximate surface area is 85.5 Å². The van der Waals surface area contributed by atoms with E-state index < -0.39 is 0 Å². The van der Waals surface area contributed by atoms with Crippen molar-refractivity contribution in [2.24, 2.45) is 0 Å². The number of aromatic nitrogens is 2. The van der Waals surface area contributed by atoms with E-state index in [0.29, 0.717) is 6.04 Å². The van der Waals surface area contributed by atoms with Gasteiger partial charge in [-0.1, -0.05) is 0 Å². The largest absolute Gasteiger partial charge is 0.331 e. The summed E-state index contributed by atoms with van der Waals surface area (Å²) in [5, 5.41) is 3.50. The molecular weight excluding hydrogens is 174 g/mol. The van der Waals surface area contributed by atoms with E-state index >= 15 is 0 Å². The minimum Gasteiger partial charge on any atom is -0.331 e. The van der Waals surface area contributed by atoms with Crippen molar-refractivity contribution in [1.29, 1.82) is 0 Å². The van der Waals surface area contributed by atoms with Gasteiger partial charge in [0, 0.05) is 18.3 Å². The number of aryl methyl sites for hydroxylation is 1. The molecule has 14 heavy (non-hydrogen) atoms. The molecule has 0 atom stereocenters. The van der Waals surface area contributed by atoms with Crippen molar-refractivity contribution in [2.45, 2.75) is 52.2 Å². The minimum absolute atomic E-state index is 0.507. The zero-order valence-corrected chi connectivity index (χ0v) is 9.25. The summed E-state index contributed by atoms with van der Waals surface area (Å²) in [5.41, 5.74) is 1.12. The van der Waals surface area contributed by atoms with Gasteiger partial charge in [-0.05, 0) is 33.6 Å². The van der Waals surface area contributed by atoms with E-state index in [4.69, 9.17) is 0 Å². The Bertz CT molecular complexity index is 310. The average molecular weight is 193 g/mol. The average Bonchev–Trinajstić information content (AvgIpc) is 2.86. The fourth-order valence-electron chi connectivity index (χ4n) is 1.67. The third-order valence-electron chi connectivity index (χ3n) is 2.61. The molecule has 78 valence electrons. The lowest BCUT2D eigenvalue weighted by Crippen LogP contribution is -2.19. The van der Waals surface area contributed by atoms with Gasteiger partial charge >= 0.3 is 0 Å². The monoisotopic (exact) mass is 193 g/mol. The first-order valence-electron chi connectivity index (χ1n) is 5.44. The molecule has 1 aromatic heterocycles. The highest BCUT2D eigenvalue weighted by atomic mass is 15.1. The lowest BCUT2D eigenvalue weighted by Gasteiger charge is -2.11. The molecule has 3 nitrogen and oxygen atoms in total. The molecule has 1 aliphatic carbocycles. The molecule has 3 heteroatoms. The Balaban J connectivity index is 2.05. The van der Waals surface area contributed by atoms with Crippen molar-refractivity contribution < 1.29 is 0 Å². The molecule has 0 amide bonds. The maximum absolute atomic E-state index is 4.53. The van der Waals surface area contributed by atoms with Crippen LogP contribution in [0.3, 0.4) is 0 Å². The van der Waals surface area contributed by atoms with E-state index in [9.17, 15) is 0 Å². The second kappa shape index (κ2) is 3.73.